The van der Waals surface area contributed by atoms with E-state index in [9.17, 15) is 14.4 Å². The minimum Gasteiger partial charge on any atom is -0.362 e. The van der Waals surface area contributed by atoms with Crippen LogP contribution in [-0.2, 0) is 14.3 Å². The van der Waals surface area contributed by atoms with Gasteiger partial charge < -0.3 is 15.4 Å². The summed E-state index contributed by atoms with van der Waals surface area (Å²) in [6.45, 7) is 3.19. The second-order valence-electron chi connectivity index (χ2n) is 6.60. The van der Waals surface area contributed by atoms with Crippen molar-refractivity contribution in [2.24, 2.45) is 11.8 Å². The van der Waals surface area contributed by atoms with E-state index < -0.39 is 0 Å². The Morgan fingerprint density at radius 3 is 2.78 bits per heavy atom. The van der Waals surface area contributed by atoms with Crippen LogP contribution in [0.15, 0.2) is 0 Å². The fourth-order valence-corrected chi connectivity index (χ4v) is 3.66. The number of hydrogen-bond donors (Lipinski definition) is 4. The van der Waals surface area contributed by atoms with E-state index in [-0.39, 0.29) is 48.0 Å². The van der Waals surface area contributed by atoms with E-state index in [1.807, 2.05) is 6.92 Å². The summed E-state index contributed by atoms with van der Waals surface area (Å²) in [4.78, 5) is 35.3. The fraction of sp³-hybridized carbons (Fsp3) is 0.800. The summed E-state index contributed by atoms with van der Waals surface area (Å²) in [5, 5.41) is 11.4. The van der Waals surface area contributed by atoms with Gasteiger partial charge in [0.15, 0.2) is 0 Å². The van der Waals surface area contributed by atoms with Crippen molar-refractivity contribution < 1.29 is 19.1 Å². The Morgan fingerprint density at radius 2 is 2.04 bits per heavy atom. The Labute approximate surface area is 135 Å². The van der Waals surface area contributed by atoms with E-state index in [1.165, 1.54) is 0 Å². The number of carbonyl (C=O) groups is 3. The minimum atomic E-state index is -0.289. The summed E-state index contributed by atoms with van der Waals surface area (Å²) in [6.07, 6.45) is 2.79. The predicted molar refractivity (Wildman–Crippen MR) is 81.3 cm³/mol. The van der Waals surface area contributed by atoms with Gasteiger partial charge in [-0.2, -0.15) is 0 Å². The van der Waals surface area contributed by atoms with Crippen molar-refractivity contribution in [3.05, 3.63) is 0 Å². The lowest BCUT2D eigenvalue weighted by molar-refractivity contribution is -0.126. The number of hydrogen-bond acceptors (Lipinski definition) is 5. The Kier molecular flexibility index (Phi) is 4.82. The SMILES string of the molecule is CC1NC(CCNC(=O)NC2CCC3C(=O)NC(=O)C3C2)CO1. The molecule has 8 nitrogen and oxygen atoms in total. The van der Waals surface area contributed by atoms with Gasteiger partial charge in [0.05, 0.1) is 18.4 Å². The Balaban J connectivity index is 1.37. The number of nitrogens with one attached hydrogen (secondary N) is 4. The zero-order valence-corrected chi connectivity index (χ0v) is 13.3. The first-order chi connectivity index (χ1) is 11.0. The van der Waals surface area contributed by atoms with Crippen LogP contribution in [0.25, 0.3) is 0 Å². The number of imide groups is 1. The van der Waals surface area contributed by atoms with Gasteiger partial charge in [0.2, 0.25) is 11.8 Å². The molecule has 5 unspecified atom stereocenters. The second-order valence-corrected chi connectivity index (χ2v) is 6.60. The average molecular weight is 324 g/mol. The second kappa shape index (κ2) is 6.84. The van der Waals surface area contributed by atoms with Gasteiger partial charge in [0, 0.05) is 18.6 Å². The lowest BCUT2D eigenvalue weighted by atomic mass is 9.78. The Morgan fingerprint density at radius 1 is 1.26 bits per heavy atom. The third-order valence-electron chi connectivity index (χ3n) is 4.90. The highest BCUT2D eigenvalue weighted by Crippen LogP contribution is 2.34. The van der Waals surface area contributed by atoms with E-state index in [1.54, 1.807) is 0 Å². The minimum absolute atomic E-state index is 0.0548. The van der Waals surface area contributed by atoms with E-state index >= 15 is 0 Å². The molecule has 23 heavy (non-hydrogen) atoms. The molecule has 4 N–H and O–H groups in total. The molecule has 3 aliphatic rings. The van der Waals surface area contributed by atoms with E-state index in [2.05, 4.69) is 21.3 Å². The molecule has 1 aliphatic carbocycles. The lowest BCUT2D eigenvalue weighted by Crippen LogP contribution is -2.46. The molecule has 0 aromatic heterocycles. The maximum Gasteiger partial charge on any atom is 0.315 e. The van der Waals surface area contributed by atoms with Crippen molar-refractivity contribution in [1.82, 2.24) is 21.3 Å². The van der Waals surface area contributed by atoms with Crippen LogP contribution in [0, 0.1) is 11.8 Å². The number of rotatable bonds is 4. The van der Waals surface area contributed by atoms with Gasteiger partial charge in [0.25, 0.3) is 0 Å². The van der Waals surface area contributed by atoms with Crippen molar-refractivity contribution in [3.8, 4) is 0 Å². The van der Waals surface area contributed by atoms with Crippen LogP contribution in [0.1, 0.15) is 32.6 Å². The van der Waals surface area contributed by atoms with Crippen LogP contribution < -0.4 is 21.3 Å². The molecule has 2 aliphatic heterocycles. The first-order valence-corrected chi connectivity index (χ1v) is 8.29. The van der Waals surface area contributed by atoms with Gasteiger partial charge in [-0.15, -0.1) is 0 Å². The average Bonchev–Trinajstić information content (AvgIpc) is 3.03. The molecule has 5 atom stereocenters. The van der Waals surface area contributed by atoms with Crippen LogP contribution in [0.2, 0.25) is 0 Å². The van der Waals surface area contributed by atoms with Gasteiger partial charge in [-0.1, -0.05) is 0 Å². The molecule has 8 heteroatoms. The quantitative estimate of drug-likeness (QED) is 0.519. The zero-order chi connectivity index (χ0) is 16.4. The number of urea groups is 1. The number of fused-ring (bicyclic) bond motifs is 1. The van der Waals surface area contributed by atoms with Crippen LogP contribution in [0.4, 0.5) is 4.79 Å². The van der Waals surface area contributed by atoms with Crippen LogP contribution >= 0.6 is 0 Å². The van der Waals surface area contributed by atoms with Crippen LogP contribution in [0.5, 0.6) is 0 Å². The van der Waals surface area contributed by atoms with Gasteiger partial charge in [-0.3, -0.25) is 20.2 Å². The smallest absolute Gasteiger partial charge is 0.315 e. The summed E-state index contributed by atoms with van der Waals surface area (Å²) in [5.74, 6) is -0.862. The monoisotopic (exact) mass is 324 g/mol. The molecule has 128 valence electrons. The molecule has 0 radical (unpaired) electrons. The maximum absolute atomic E-state index is 11.9. The normalized spacial score (nSPS) is 36.5. The molecule has 0 aromatic rings. The van der Waals surface area contributed by atoms with E-state index in [0.29, 0.717) is 26.0 Å². The van der Waals surface area contributed by atoms with Crippen molar-refractivity contribution in [2.75, 3.05) is 13.2 Å². The number of carbonyl (C=O) groups excluding carboxylic acids is 3. The van der Waals surface area contributed by atoms with Crippen molar-refractivity contribution in [1.29, 1.82) is 0 Å². The summed E-state index contributed by atoms with van der Waals surface area (Å²) in [7, 11) is 0. The molecule has 3 rings (SSSR count). The van der Waals surface area contributed by atoms with E-state index in [0.717, 1.165) is 12.8 Å². The molecule has 0 spiro atoms. The number of amides is 4. The highest BCUT2D eigenvalue weighted by atomic mass is 16.5. The molecular weight excluding hydrogens is 300 g/mol. The highest BCUT2D eigenvalue weighted by molar-refractivity contribution is 6.05. The molecule has 3 fully saturated rings. The molecule has 1 saturated carbocycles. The van der Waals surface area contributed by atoms with Gasteiger partial charge >= 0.3 is 6.03 Å². The first-order valence-electron chi connectivity index (χ1n) is 8.29. The Bertz CT molecular complexity index is 498. The largest absolute Gasteiger partial charge is 0.362 e. The first kappa shape index (κ1) is 16.2. The number of ether oxygens (including phenoxy) is 1. The van der Waals surface area contributed by atoms with Gasteiger partial charge in [-0.05, 0) is 32.6 Å². The summed E-state index contributed by atoms with van der Waals surface area (Å²) < 4.78 is 5.40. The van der Waals surface area contributed by atoms with Gasteiger partial charge in [0.1, 0.15) is 6.23 Å². The third-order valence-corrected chi connectivity index (χ3v) is 4.90. The standard InChI is InChI=1S/C15H24N4O4/c1-8-17-10(7-23-8)4-5-16-15(22)18-9-2-3-11-12(6-9)14(21)19-13(11)20/h8-12,17H,2-7H2,1H3,(H2,16,18,22)(H,19,20,21). The molecule has 0 bridgehead atoms. The van der Waals surface area contributed by atoms with Crippen molar-refractivity contribution >= 4 is 17.8 Å². The zero-order valence-electron chi connectivity index (χ0n) is 13.3. The fourth-order valence-electron chi connectivity index (χ4n) is 3.66. The predicted octanol–water partition coefficient (Wildman–Crippen LogP) is -0.549. The topological polar surface area (TPSA) is 109 Å². The van der Waals surface area contributed by atoms with Crippen molar-refractivity contribution in [2.45, 2.75) is 50.9 Å². The molecule has 0 aromatic carbocycles. The summed E-state index contributed by atoms with van der Waals surface area (Å²) in [5.41, 5.74) is 0. The molecule has 2 heterocycles. The lowest BCUT2D eigenvalue weighted by Gasteiger charge is -2.29. The van der Waals surface area contributed by atoms with Gasteiger partial charge in [-0.25, -0.2) is 4.79 Å². The van der Waals surface area contributed by atoms with Crippen LogP contribution in [-0.4, -0.2) is 49.3 Å². The highest BCUT2D eigenvalue weighted by Gasteiger charge is 2.45. The Hall–Kier alpha value is -1.67. The molecule has 4 amide bonds. The van der Waals surface area contributed by atoms with E-state index in [4.69, 9.17) is 4.74 Å². The summed E-state index contributed by atoms with van der Waals surface area (Å²) in [6, 6.07) is -0.0000534. The third kappa shape index (κ3) is 3.81. The van der Waals surface area contributed by atoms with Crippen molar-refractivity contribution in [3.63, 3.8) is 0 Å². The summed E-state index contributed by atoms with van der Waals surface area (Å²) >= 11 is 0. The van der Waals surface area contributed by atoms with Crippen LogP contribution in [0.3, 0.4) is 0 Å². The molecular formula is C15H24N4O4. The molecule has 2 saturated heterocycles. The maximum atomic E-state index is 11.9.